The van der Waals surface area contributed by atoms with E-state index in [1.807, 2.05) is 0 Å². The monoisotopic (exact) mass is 693 g/mol. The van der Waals surface area contributed by atoms with Crippen LogP contribution in [-0.2, 0) is 30.4 Å². The molecule has 0 unspecified atom stereocenters. The predicted molar refractivity (Wildman–Crippen MR) is 179 cm³/mol. The van der Waals surface area contributed by atoms with Gasteiger partial charge in [-0.05, 0) is 108 Å². The molecule has 6 N–H and O–H groups in total. The van der Waals surface area contributed by atoms with Gasteiger partial charge >= 0.3 is 0 Å². The van der Waals surface area contributed by atoms with Crippen LogP contribution in [0.25, 0.3) is 5.57 Å². The Morgan fingerprint density at radius 2 is 1.13 bits per heavy atom. The minimum absolute atomic E-state index is 0.0793. The molecule has 0 saturated carbocycles. The largest absolute Gasteiger partial charge is 0.397 e. The molecule has 12 nitrogen and oxygen atoms in total. The molecule has 0 spiro atoms. The minimum atomic E-state index is -4.65. The SMILES string of the molecule is Cc1cc(C(=C2C=CC(=[N+]c3ccc(S(=O)(=O)O)cc3)C=C2)c2ccc(Nc3ccc(S(=O)(=O)O)cc3)cc2)cc(S(=O)(=O)O)c1N. The van der Waals surface area contributed by atoms with Crippen LogP contribution < -0.4 is 16.0 Å². The fourth-order valence-corrected chi connectivity index (χ4v) is 6.44. The lowest BCUT2D eigenvalue weighted by molar-refractivity contribution is 0.481. The molecule has 0 bridgehead atoms. The van der Waals surface area contributed by atoms with E-state index < -0.39 is 35.2 Å². The molecule has 15 heteroatoms. The Hall–Kier alpha value is -4.90. The van der Waals surface area contributed by atoms with E-state index in [4.69, 9.17) is 5.73 Å². The summed E-state index contributed by atoms with van der Waals surface area (Å²) >= 11 is 0. The standard InChI is InChI=1S/C32H27N3O9S3/c1-20-18-23(19-30(32(20)33)47(42,43)44)31(21-2-6-24(7-3-21)34-26-10-14-28(15-11-26)45(36,37)38)22-4-8-25(9-5-22)35-27-12-16-29(17-13-27)46(39,40)41/h2-19,34H,33H2,1H3,(H,36,37,38)(H,39,40,41)(H,42,43,44)/q+1. The molecule has 0 heterocycles. The van der Waals surface area contributed by atoms with E-state index in [0.717, 1.165) is 0 Å². The van der Waals surface area contributed by atoms with Crippen LogP contribution >= 0.6 is 0 Å². The first-order chi connectivity index (χ1) is 22.0. The van der Waals surface area contributed by atoms with Crippen LogP contribution in [0.2, 0.25) is 0 Å². The minimum Gasteiger partial charge on any atom is -0.397 e. The van der Waals surface area contributed by atoms with Gasteiger partial charge in [-0.1, -0.05) is 12.1 Å². The van der Waals surface area contributed by atoms with Crippen LogP contribution in [0.15, 0.2) is 129 Å². The Kier molecular flexibility index (Phi) is 9.05. The number of nitrogens with two attached hydrogens (primary N) is 1. The molecule has 1 aliphatic carbocycles. The Morgan fingerprint density at radius 3 is 1.62 bits per heavy atom. The van der Waals surface area contributed by atoms with E-state index >= 15 is 0 Å². The fraction of sp³-hybridized carbons (Fsp3) is 0.0312. The third-order valence-corrected chi connectivity index (χ3v) is 9.71. The Balaban J connectivity index is 1.54. The summed E-state index contributed by atoms with van der Waals surface area (Å²) in [7, 11) is -13.3. The summed E-state index contributed by atoms with van der Waals surface area (Å²) in [4.78, 5) is 3.55. The first kappa shape index (κ1) is 33.5. The number of hydrogen-bond donors (Lipinski definition) is 5. The highest BCUT2D eigenvalue weighted by molar-refractivity contribution is 7.86. The molecule has 5 rings (SSSR count). The number of nitrogen functional groups attached to an aromatic ring is 1. The maximum absolute atomic E-state index is 12.2. The average molecular weight is 694 g/mol. The van der Waals surface area contributed by atoms with E-state index in [1.54, 1.807) is 61.6 Å². The van der Waals surface area contributed by atoms with Crippen LogP contribution in [-0.4, -0.2) is 44.6 Å². The smallest absolute Gasteiger partial charge is 0.296 e. The predicted octanol–water partition coefficient (Wildman–Crippen LogP) is 5.10. The number of anilines is 3. The van der Waals surface area contributed by atoms with E-state index in [1.165, 1.54) is 54.6 Å². The molecule has 0 atom stereocenters. The maximum Gasteiger partial charge on any atom is 0.296 e. The zero-order valence-corrected chi connectivity index (χ0v) is 26.9. The van der Waals surface area contributed by atoms with Crippen LogP contribution in [0.4, 0.5) is 22.7 Å². The Labute approximate surface area is 271 Å². The summed E-state index contributed by atoms with van der Waals surface area (Å²) in [6.45, 7) is 1.63. The number of benzene rings is 4. The number of aryl methyl sites for hydroxylation is 1. The second kappa shape index (κ2) is 12.7. The maximum atomic E-state index is 12.2. The van der Waals surface area contributed by atoms with Gasteiger partial charge in [-0.3, -0.25) is 13.7 Å². The number of nitrogens with zero attached hydrogens (tertiary/aromatic N) is 1. The first-order valence-corrected chi connectivity index (χ1v) is 17.9. The van der Waals surface area contributed by atoms with E-state index in [2.05, 4.69) is 10.3 Å². The second-order valence-electron chi connectivity index (χ2n) is 10.4. The van der Waals surface area contributed by atoms with Gasteiger partial charge in [0.25, 0.3) is 41.8 Å². The van der Waals surface area contributed by atoms with Gasteiger partial charge in [-0.2, -0.15) is 25.3 Å². The highest BCUT2D eigenvalue weighted by Gasteiger charge is 2.21. The van der Waals surface area contributed by atoms with Crippen molar-refractivity contribution >= 4 is 64.4 Å². The number of allylic oxidation sites excluding steroid dienone is 5. The van der Waals surface area contributed by atoms with Gasteiger partial charge in [0, 0.05) is 35.7 Å². The van der Waals surface area contributed by atoms with Gasteiger partial charge < -0.3 is 11.1 Å². The molecule has 0 aliphatic heterocycles. The van der Waals surface area contributed by atoms with Gasteiger partial charge in [0.15, 0.2) is 0 Å². The number of rotatable bonds is 8. The fourth-order valence-electron chi connectivity index (χ4n) is 4.77. The van der Waals surface area contributed by atoms with Gasteiger partial charge in [-0.25, -0.2) is 0 Å². The number of hydrogen-bond acceptors (Lipinski definition) is 9. The molecule has 241 valence electrons. The summed E-state index contributed by atoms with van der Waals surface area (Å²) in [6.07, 6.45) is 6.96. The molecule has 4 aromatic rings. The van der Waals surface area contributed by atoms with Crippen molar-refractivity contribution < 1.29 is 38.9 Å². The zero-order valence-electron chi connectivity index (χ0n) is 24.4. The van der Waals surface area contributed by atoms with Crippen molar-refractivity contribution in [2.75, 3.05) is 11.1 Å². The van der Waals surface area contributed by atoms with Gasteiger partial charge in [0.2, 0.25) is 0 Å². The van der Waals surface area contributed by atoms with Crippen LogP contribution in [0.3, 0.4) is 0 Å². The summed E-state index contributed by atoms with van der Waals surface area (Å²) in [5.74, 6) is 0. The van der Waals surface area contributed by atoms with E-state index in [-0.39, 0.29) is 15.5 Å². The van der Waals surface area contributed by atoms with Crippen molar-refractivity contribution in [1.82, 2.24) is 4.99 Å². The first-order valence-electron chi connectivity index (χ1n) is 13.6. The van der Waals surface area contributed by atoms with Crippen LogP contribution in [0, 0.1) is 6.92 Å². The average Bonchev–Trinajstić information content (AvgIpc) is 3.00. The van der Waals surface area contributed by atoms with Crippen LogP contribution in [0.1, 0.15) is 16.7 Å². The lowest BCUT2D eigenvalue weighted by Crippen LogP contribution is -2.07. The third-order valence-electron chi connectivity index (χ3n) is 7.08. The number of aliphatic imine (C=N–C) groups is 1. The van der Waals surface area contributed by atoms with E-state index in [9.17, 15) is 38.9 Å². The van der Waals surface area contributed by atoms with Crippen molar-refractivity contribution in [2.45, 2.75) is 21.6 Å². The summed E-state index contributed by atoms with van der Waals surface area (Å²) < 4.78 is 98.0. The Bertz CT molecular complexity index is 2310. The Morgan fingerprint density at radius 1 is 0.638 bits per heavy atom. The van der Waals surface area contributed by atoms with E-state index in [0.29, 0.717) is 50.6 Å². The molecule has 4 aromatic carbocycles. The lowest BCUT2D eigenvalue weighted by Gasteiger charge is -2.17. The molecule has 0 amide bonds. The molecule has 0 saturated heterocycles. The third kappa shape index (κ3) is 7.91. The molecule has 0 fully saturated rings. The van der Waals surface area contributed by atoms with Gasteiger partial charge in [0.1, 0.15) is 4.90 Å². The molecular weight excluding hydrogens is 667 g/mol. The van der Waals surface area contributed by atoms with Crippen molar-refractivity contribution in [3.05, 3.63) is 131 Å². The normalized spacial score (nSPS) is 13.4. The quantitative estimate of drug-likeness (QED) is 0.121. The topological polar surface area (TPSA) is 215 Å². The molecule has 1 aliphatic rings. The molecule has 0 aromatic heterocycles. The summed E-state index contributed by atoms with van der Waals surface area (Å²) in [5, 5.41) is 3.14. The number of nitrogens with one attached hydrogen (secondary N) is 1. The summed E-state index contributed by atoms with van der Waals surface area (Å²) in [6, 6.07) is 21.0. The van der Waals surface area contributed by atoms with Crippen molar-refractivity contribution in [3.63, 3.8) is 0 Å². The summed E-state index contributed by atoms with van der Waals surface area (Å²) in [5.41, 5.74) is 10.9. The lowest BCUT2D eigenvalue weighted by atomic mass is 9.89. The molecule has 47 heavy (non-hydrogen) atoms. The highest BCUT2D eigenvalue weighted by Crippen LogP contribution is 2.35. The second-order valence-corrected chi connectivity index (χ2v) is 14.6. The van der Waals surface area contributed by atoms with Gasteiger partial charge in [-0.15, -0.1) is 0 Å². The van der Waals surface area contributed by atoms with Crippen molar-refractivity contribution in [2.24, 2.45) is 0 Å². The van der Waals surface area contributed by atoms with Crippen LogP contribution in [0.5, 0.6) is 0 Å². The van der Waals surface area contributed by atoms with Crippen molar-refractivity contribution in [1.29, 1.82) is 0 Å². The molecule has 1 radical (unpaired) electrons. The van der Waals surface area contributed by atoms with Crippen molar-refractivity contribution in [3.8, 4) is 0 Å². The van der Waals surface area contributed by atoms with Gasteiger partial charge in [0.05, 0.1) is 20.5 Å². The molecular formula is C32H27N3O9S3+. The highest BCUT2D eigenvalue weighted by atomic mass is 32.2. The zero-order chi connectivity index (χ0) is 34.1.